The summed E-state index contributed by atoms with van der Waals surface area (Å²) < 4.78 is 0. The first-order chi connectivity index (χ1) is 4.33. The summed E-state index contributed by atoms with van der Waals surface area (Å²) in [6, 6.07) is 0. The van der Waals surface area contributed by atoms with Crippen LogP contribution in [0.3, 0.4) is 0 Å². The van der Waals surface area contributed by atoms with E-state index in [-0.39, 0.29) is 229 Å². The summed E-state index contributed by atoms with van der Waals surface area (Å²) in [4.78, 5) is 0. The van der Waals surface area contributed by atoms with E-state index in [1.165, 1.54) is 0 Å². The Bertz CT molecular complexity index is 35.0. The maximum atomic E-state index is 3.66. The molecule has 0 aliphatic rings. The van der Waals surface area contributed by atoms with E-state index >= 15 is 0 Å². The van der Waals surface area contributed by atoms with E-state index in [1.54, 1.807) is 0 Å². The Balaban J connectivity index is -0.00000000654. The third-order valence-corrected chi connectivity index (χ3v) is 0.612. The van der Waals surface area contributed by atoms with Crippen LogP contribution in [0.4, 0.5) is 0 Å². The Kier molecular flexibility index (Phi) is 234. The average molecular weight is 748 g/mol. The minimum absolute atomic E-state index is 0. The predicted molar refractivity (Wildman–Crippen MR) is 44.2 cm³/mol. The molecule has 79 valence electrons. The molecule has 0 spiro atoms. The molecule has 0 saturated heterocycles. The van der Waals surface area contributed by atoms with Gasteiger partial charge in [0.1, 0.15) is 0 Å². The molecule has 0 aromatic carbocycles. The first-order valence-corrected chi connectivity index (χ1v) is 3.32. The molecular weight excluding hydrogens is 730 g/mol. The van der Waals surface area contributed by atoms with Crippen LogP contribution in [-0.2, 0) is 229 Å². The van der Waals surface area contributed by atoms with Crippen molar-refractivity contribution in [1.82, 2.24) is 0 Å². The summed E-state index contributed by atoms with van der Waals surface area (Å²) in [6.07, 6.45) is 5.95. The van der Waals surface area contributed by atoms with Crippen molar-refractivity contribution < 1.29 is 229 Å². The minimum Gasteiger partial charge on any atom is -0.372 e. The van der Waals surface area contributed by atoms with Crippen molar-refractivity contribution in [3.05, 3.63) is 34.1 Å². The zero-order valence-corrected chi connectivity index (χ0v) is 30.1. The normalized spacial score (nSPS) is 4.50. The van der Waals surface area contributed by atoms with Gasteiger partial charge in [0.25, 0.3) is 0 Å². The van der Waals surface area contributed by atoms with E-state index in [0.717, 1.165) is 25.7 Å². The van der Waals surface area contributed by atoms with E-state index in [4.69, 9.17) is 0 Å². The molecular formula is C9H17Y7-5. The van der Waals surface area contributed by atoms with Gasteiger partial charge in [0, 0.05) is 229 Å². The van der Waals surface area contributed by atoms with Gasteiger partial charge in [0.15, 0.2) is 0 Å². The van der Waals surface area contributed by atoms with Crippen LogP contribution in [0.2, 0.25) is 0 Å². The summed E-state index contributed by atoms with van der Waals surface area (Å²) >= 11 is 0. The molecule has 0 aromatic rings. The van der Waals surface area contributed by atoms with Crippen molar-refractivity contribution in [2.75, 3.05) is 0 Å². The van der Waals surface area contributed by atoms with Crippen LogP contribution in [0.5, 0.6) is 0 Å². The fraction of sp³-hybridized carbons (Fsp3) is 0.444. The maximum Gasteiger partial charge on any atom is 0 e. The quantitative estimate of drug-likeness (QED) is 0.308. The van der Waals surface area contributed by atoms with E-state index in [0.29, 0.717) is 0 Å². The van der Waals surface area contributed by atoms with Gasteiger partial charge in [-0.05, 0) is 0 Å². The molecule has 0 aromatic heterocycles. The first-order valence-electron chi connectivity index (χ1n) is 3.32. The zero-order chi connectivity index (χ0) is 7.54. The van der Waals surface area contributed by atoms with Gasteiger partial charge in [0.2, 0.25) is 0 Å². The number of unbranched alkanes of at least 4 members (excludes halogenated alkanes) is 3. The summed E-state index contributed by atoms with van der Waals surface area (Å²) in [7, 11) is 0. The monoisotopic (exact) mass is 747 g/mol. The molecule has 0 saturated carbocycles. The Morgan fingerprint density at radius 2 is 0.875 bits per heavy atom. The van der Waals surface area contributed by atoms with Crippen LogP contribution in [-0.4, -0.2) is 0 Å². The molecule has 0 atom stereocenters. The molecule has 0 N–H and O–H groups in total. The van der Waals surface area contributed by atoms with Crippen molar-refractivity contribution in [1.29, 1.82) is 0 Å². The molecule has 0 unspecified atom stereocenters. The van der Waals surface area contributed by atoms with E-state index in [9.17, 15) is 0 Å². The summed E-state index contributed by atoms with van der Waals surface area (Å²) in [5.74, 6) is 0. The largest absolute Gasteiger partial charge is 0.372 e. The zero-order valence-electron chi connectivity index (χ0n) is 10.3. The van der Waals surface area contributed by atoms with E-state index in [2.05, 4.69) is 34.1 Å². The summed E-state index contributed by atoms with van der Waals surface area (Å²) in [5.41, 5.74) is 0. The fourth-order valence-corrected chi connectivity index (χ4v) is 0.289. The second-order valence-electron chi connectivity index (χ2n) is 1.57. The molecule has 7 radical (unpaired) electrons. The number of hydrogen-bond acceptors (Lipinski definition) is 0. The predicted octanol–water partition coefficient (Wildman–Crippen LogP) is 3.06. The Labute approximate surface area is 280 Å². The standard InChI is InChI=1S/C6H11.C3H6.7Y/c1-3-5-6-4-2;1-3-2;;;;;;;/h5H,1-4,6H2;1-3H2;;;;;;;/q-3;-2;;;;;;;. The Hall–Kier alpha value is 7.73. The molecule has 0 heterocycles. The molecule has 0 nitrogen and oxygen atoms in total. The van der Waals surface area contributed by atoms with Crippen molar-refractivity contribution >= 4 is 0 Å². The van der Waals surface area contributed by atoms with Crippen LogP contribution < -0.4 is 0 Å². The second kappa shape index (κ2) is 66.2. The number of rotatable bonds is 3. The van der Waals surface area contributed by atoms with Crippen molar-refractivity contribution in [2.24, 2.45) is 0 Å². The maximum absolute atomic E-state index is 3.66. The molecule has 0 amide bonds. The van der Waals surface area contributed by atoms with Crippen LogP contribution in [0, 0.1) is 34.1 Å². The molecule has 0 aliphatic heterocycles. The van der Waals surface area contributed by atoms with Gasteiger partial charge >= 0.3 is 0 Å². The SMILES string of the molecule is [CH2-]C[CH-]CC[CH2-].[CH2-]C[CH2-].[Y].[Y].[Y].[Y].[Y].[Y].[Y]. The number of hydrogen-bond donors (Lipinski definition) is 0. The van der Waals surface area contributed by atoms with Gasteiger partial charge in [-0.1, -0.05) is 0 Å². The van der Waals surface area contributed by atoms with Gasteiger partial charge in [0.05, 0.1) is 0 Å². The van der Waals surface area contributed by atoms with Gasteiger partial charge in [-0.15, -0.1) is 0 Å². The van der Waals surface area contributed by atoms with Crippen molar-refractivity contribution in [2.45, 2.75) is 25.7 Å². The van der Waals surface area contributed by atoms with Crippen LogP contribution in [0.1, 0.15) is 25.7 Å². The third kappa shape index (κ3) is 81.1. The first kappa shape index (κ1) is 56.5. The van der Waals surface area contributed by atoms with Crippen LogP contribution in [0.15, 0.2) is 0 Å². The van der Waals surface area contributed by atoms with Gasteiger partial charge < -0.3 is 47.0 Å². The van der Waals surface area contributed by atoms with Crippen molar-refractivity contribution in [3.8, 4) is 0 Å². The van der Waals surface area contributed by atoms with E-state index < -0.39 is 0 Å². The van der Waals surface area contributed by atoms with Crippen LogP contribution >= 0.6 is 0 Å². The summed E-state index contributed by atoms with van der Waals surface area (Å²) in [5, 5.41) is 0. The molecule has 7 heteroatoms. The topological polar surface area (TPSA) is 0 Å². The second-order valence-corrected chi connectivity index (χ2v) is 1.57. The third-order valence-electron chi connectivity index (χ3n) is 0.612. The van der Waals surface area contributed by atoms with Gasteiger partial charge in [-0.2, -0.15) is 0 Å². The Morgan fingerprint density at radius 3 is 0.938 bits per heavy atom. The average Bonchev–Trinajstić information content (AvgIpc) is 1.86. The molecule has 0 rings (SSSR count). The van der Waals surface area contributed by atoms with Gasteiger partial charge in [-0.25, -0.2) is 12.8 Å². The molecule has 16 heavy (non-hydrogen) atoms. The molecule has 0 bridgehead atoms. The summed E-state index contributed by atoms with van der Waals surface area (Å²) in [6.45, 7) is 14.1. The van der Waals surface area contributed by atoms with E-state index in [1.807, 2.05) is 0 Å². The van der Waals surface area contributed by atoms with Crippen LogP contribution in [0.25, 0.3) is 0 Å². The van der Waals surface area contributed by atoms with Crippen molar-refractivity contribution in [3.63, 3.8) is 0 Å². The smallest absolute Gasteiger partial charge is 0 e. The fourth-order valence-electron chi connectivity index (χ4n) is 0.289. The van der Waals surface area contributed by atoms with Gasteiger partial charge in [-0.3, -0.25) is 0 Å². The Morgan fingerprint density at radius 1 is 0.625 bits per heavy atom. The minimum atomic E-state index is 0. The molecule has 0 aliphatic carbocycles. The molecule has 0 fully saturated rings.